The SMILES string of the molecule is COc1ccccc1-c1csc(=NC2CCCCC2)n1N=Cc1ccc(OC)c(OC)c1OC. The number of para-hydroxylation sites is 1. The summed E-state index contributed by atoms with van der Waals surface area (Å²) in [5.74, 6) is 2.48. The Hall–Kier alpha value is -3.26. The fraction of sp³-hybridized carbons (Fsp3) is 0.385. The minimum absolute atomic E-state index is 0.329. The number of hydrogen-bond acceptors (Lipinski definition) is 7. The van der Waals surface area contributed by atoms with Crippen LogP contribution < -0.4 is 23.7 Å². The Morgan fingerprint density at radius 1 is 0.853 bits per heavy atom. The normalized spacial score (nSPS) is 15.0. The fourth-order valence-corrected chi connectivity index (χ4v) is 5.15. The highest BCUT2D eigenvalue weighted by Crippen LogP contribution is 2.39. The van der Waals surface area contributed by atoms with Gasteiger partial charge in [0.05, 0.1) is 46.4 Å². The summed E-state index contributed by atoms with van der Waals surface area (Å²) >= 11 is 1.59. The van der Waals surface area contributed by atoms with Gasteiger partial charge in [-0.1, -0.05) is 31.4 Å². The maximum atomic E-state index is 5.64. The Kier molecular flexibility index (Phi) is 7.90. The van der Waals surface area contributed by atoms with E-state index in [1.807, 2.05) is 41.1 Å². The van der Waals surface area contributed by atoms with Crippen molar-refractivity contribution in [1.82, 2.24) is 4.68 Å². The molecule has 34 heavy (non-hydrogen) atoms. The Morgan fingerprint density at radius 3 is 2.29 bits per heavy atom. The van der Waals surface area contributed by atoms with E-state index in [2.05, 4.69) is 5.38 Å². The van der Waals surface area contributed by atoms with Crippen molar-refractivity contribution in [3.8, 4) is 34.3 Å². The standard InChI is InChI=1S/C26H31N3O4S/c1-30-22-13-9-8-12-20(22)21-17-34-26(28-19-10-6-5-7-11-19)29(21)27-16-18-14-15-23(31-2)25(33-4)24(18)32-3/h8-9,12-17,19H,5-7,10-11H2,1-4H3. The minimum Gasteiger partial charge on any atom is -0.496 e. The van der Waals surface area contributed by atoms with Crippen LogP contribution in [0, 0.1) is 0 Å². The van der Waals surface area contributed by atoms with Gasteiger partial charge in [0.15, 0.2) is 11.5 Å². The Balaban J connectivity index is 1.83. The average Bonchev–Trinajstić information content (AvgIpc) is 3.28. The minimum atomic E-state index is 0.329. The van der Waals surface area contributed by atoms with E-state index < -0.39 is 0 Å². The van der Waals surface area contributed by atoms with Crippen molar-refractivity contribution in [2.75, 3.05) is 28.4 Å². The molecule has 0 amide bonds. The molecule has 1 fully saturated rings. The van der Waals surface area contributed by atoms with Gasteiger partial charge in [0.25, 0.3) is 0 Å². The smallest absolute Gasteiger partial charge is 0.206 e. The zero-order valence-corrected chi connectivity index (χ0v) is 20.9. The van der Waals surface area contributed by atoms with E-state index in [1.54, 1.807) is 46.0 Å². The lowest BCUT2D eigenvalue weighted by molar-refractivity contribution is 0.324. The van der Waals surface area contributed by atoms with E-state index in [-0.39, 0.29) is 0 Å². The Labute approximate surface area is 204 Å². The molecule has 1 aliphatic rings. The number of thiazole rings is 1. The summed E-state index contributed by atoms with van der Waals surface area (Å²) in [7, 11) is 6.48. The van der Waals surface area contributed by atoms with Crippen LogP contribution in [0.1, 0.15) is 37.7 Å². The summed E-state index contributed by atoms with van der Waals surface area (Å²) in [5, 5.41) is 6.96. The molecule has 1 heterocycles. The third-order valence-electron chi connectivity index (χ3n) is 5.98. The molecule has 2 aromatic carbocycles. The first-order valence-corrected chi connectivity index (χ1v) is 12.3. The van der Waals surface area contributed by atoms with E-state index in [0.717, 1.165) is 40.2 Å². The first-order chi connectivity index (χ1) is 16.7. The highest BCUT2D eigenvalue weighted by molar-refractivity contribution is 7.07. The second kappa shape index (κ2) is 11.2. The second-order valence-corrected chi connectivity index (χ2v) is 8.84. The Bertz CT molecular complexity index is 1210. The van der Waals surface area contributed by atoms with Crippen LogP contribution in [0.25, 0.3) is 11.3 Å². The van der Waals surface area contributed by atoms with Gasteiger partial charge in [0, 0.05) is 16.5 Å². The highest BCUT2D eigenvalue weighted by Gasteiger charge is 2.17. The topological polar surface area (TPSA) is 66.6 Å². The van der Waals surface area contributed by atoms with Gasteiger partial charge in [-0.3, -0.25) is 4.99 Å². The van der Waals surface area contributed by atoms with E-state index >= 15 is 0 Å². The van der Waals surface area contributed by atoms with Crippen LogP contribution in [0.5, 0.6) is 23.0 Å². The summed E-state index contributed by atoms with van der Waals surface area (Å²) in [6.45, 7) is 0. The molecule has 1 aliphatic carbocycles. The second-order valence-electron chi connectivity index (χ2n) is 8.00. The van der Waals surface area contributed by atoms with Crippen molar-refractivity contribution in [1.29, 1.82) is 0 Å². The van der Waals surface area contributed by atoms with Crippen LogP contribution in [-0.4, -0.2) is 45.4 Å². The molecule has 1 aromatic heterocycles. The van der Waals surface area contributed by atoms with Crippen molar-refractivity contribution in [3.05, 3.63) is 52.1 Å². The van der Waals surface area contributed by atoms with E-state index in [9.17, 15) is 0 Å². The van der Waals surface area contributed by atoms with Gasteiger partial charge < -0.3 is 18.9 Å². The van der Waals surface area contributed by atoms with Gasteiger partial charge in [-0.25, -0.2) is 4.68 Å². The van der Waals surface area contributed by atoms with Crippen LogP contribution in [-0.2, 0) is 0 Å². The van der Waals surface area contributed by atoms with Crippen LogP contribution in [0.15, 0.2) is 51.9 Å². The number of rotatable bonds is 8. The number of benzene rings is 2. The van der Waals surface area contributed by atoms with Crippen molar-refractivity contribution in [2.24, 2.45) is 10.1 Å². The molecule has 8 heteroatoms. The van der Waals surface area contributed by atoms with Crippen LogP contribution in [0.2, 0.25) is 0 Å². The van der Waals surface area contributed by atoms with Crippen molar-refractivity contribution >= 4 is 17.6 Å². The van der Waals surface area contributed by atoms with Gasteiger partial charge in [0.1, 0.15) is 5.75 Å². The van der Waals surface area contributed by atoms with Gasteiger partial charge in [-0.05, 0) is 37.1 Å². The number of aromatic nitrogens is 1. The molecule has 0 bridgehead atoms. The molecule has 1 saturated carbocycles. The van der Waals surface area contributed by atoms with Crippen molar-refractivity contribution in [3.63, 3.8) is 0 Å². The molecular formula is C26H31N3O4S. The average molecular weight is 482 g/mol. The maximum absolute atomic E-state index is 5.64. The summed E-state index contributed by atoms with van der Waals surface area (Å²) in [6.07, 6.45) is 7.76. The molecule has 0 saturated heterocycles. The first kappa shape index (κ1) is 23.9. The number of hydrogen-bond donors (Lipinski definition) is 0. The summed E-state index contributed by atoms with van der Waals surface area (Å²) < 4.78 is 24.1. The van der Waals surface area contributed by atoms with E-state index in [0.29, 0.717) is 23.3 Å². The maximum Gasteiger partial charge on any atom is 0.206 e. The van der Waals surface area contributed by atoms with Gasteiger partial charge >= 0.3 is 0 Å². The highest BCUT2D eigenvalue weighted by atomic mass is 32.1. The molecule has 0 aliphatic heterocycles. The van der Waals surface area contributed by atoms with Crippen LogP contribution in [0.4, 0.5) is 0 Å². The molecule has 0 spiro atoms. The predicted octanol–water partition coefficient (Wildman–Crippen LogP) is 5.37. The predicted molar refractivity (Wildman–Crippen MR) is 136 cm³/mol. The third kappa shape index (κ3) is 4.97. The lowest BCUT2D eigenvalue weighted by atomic mass is 9.96. The van der Waals surface area contributed by atoms with Crippen LogP contribution in [0.3, 0.4) is 0 Å². The quantitative estimate of drug-likeness (QED) is 0.406. The van der Waals surface area contributed by atoms with Crippen molar-refractivity contribution in [2.45, 2.75) is 38.1 Å². The lowest BCUT2D eigenvalue weighted by Gasteiger charge is -2.17. The first-order valence-electron chi connectivity index (χ1n) is 11.4. The zero-order chi connectivity index (χ0) is 23.9. The molecule has 3 aromatic rings. The molecule has 7 nitrogen and oxygen atoms in total. The molecule has 0 unspecified atom stereocenters. The number of ether oxygens (including phenoxy) is 4. The van der Waals surface area contributed by atoms with E-state index in [1.165, 1.54) is 19.3 Å². The molecule has 0 N–H and O–H groups in total. The molecule has 180 valence electrons. The van der Waals surface area contributed by atoms with Crippen molar-refractivity contribution < 1.29 is 18.9 Å². The summed E-state index contributed by atoms with van der Waals surface area (Å²) in [5.41, 5.74) is 2.66. The fourth-order valence-electron chi connectivity index (χ4n) is 4.25. The third-order valence-corrected chi connectivity index (χ3v) is 6.81. The number of nitrogens with zero attached hydrogens (tertiary/aromatic N) is 3. The molecular weight excluding hydrogens is 450 g/mol. The van der Waals surface area contributed by atoms with Gasteiger partial charge in [-0.2, -0.15) is 5.10 Å². The van der Waals surface area contributed by atoms with Gasteiger partial charge in [0.2, 0.25) is 10.6 Å². The van der Waals surface area contributed by atoms with Crippen LogP contribution >= 0.6 is 11.3 Å². The van der Waals surface area contributed by atoms with Gasteiger partial charge in [-0.15, -0.1) is 11.3 Å². The molecule has 0 atom stereocenters. The number of methoxy groups -OCH3 is 4. The zero-order valence-electron chi connectivity index (χ0n) is 20.1. The summed E-state index contributed by atoms with van der Waals surface area (Å²) in [4.78, 5) is 5.95. The molecule has 4 rings (SSSR count). The lowest BCUT2D eigenvalue weighted by Crippen LogP contribution is -2.19. The Morgan fingerprint density at radius 2 is 1.59 bits per heavy atom. The summed E-state index contributed by atoms with van der Waals surface area (Å²) in [6, 6.07) is 12.0. The monoisotopic (exact) mass is 481 g/mol. The largest absolute Gasteiger partial charge is 0.496 e. The molecule has 0 radical (unpaired) electrons. The van der Waals surface area contributed by atoms with E-state index in [4.69, 9.17) is 29.0 Å².